The van der Waals surface area contributed by atoms with Crippen molar-refractivity contribution >= 4 is 51.1 Å². The molecule has 30 heavy (non-hydrogen) atoms. The number of cyclic esters (lactones) is 2. The first-order chi connectivity index (χ1) is 14.2. The number of carbonyl (C=O) groups excluding carboxylic acids is 4. The average molecular weight is 478 g/mol. The molecule has 1 aromatic carbocycles. The molecule has 0 bridgehead atoms. The standard InChI is InChI=1S/C20H20BrN3O6/c1-20(2)29-18(27)15(19(28)30-20)23-22-14-12(21)9-8-11-13(14)17(26)24(16(11)25)10-6-4-3-5-7-10/h8-10,22H,3-7H2,1-2H3. The maximum absolute atomic E-state index is 13.2. The van der Waals surface area contributed by atoms with Gasteiger partial charge in [-0.25, -0.2) is 9.59 Å². The number of carbonyl (C=O) groups is 4. The van der Waals surface area contributed by atoms with Gasteiger partial charge in [0, 0.05) is 24.4 Å². The summed E-state index contributed by atoms with van der Waals surface area (Å²) in [6.07, 6.45) is 4.61. The van der Waals surface area contributed by atoms with E-state index in [-0.39, 0.29) is 28.8 Å². The molecule has 3 aliphatic rings. The first-order valence-corrected chi connectivity index (χ1v) is 10.5. The Morgan fingerprint density at radius 1 is 1.03 bits per heavy atom. The molecule has 158 valence electrons. The number of ether oxygens (including phenoxy) is 2. The molecule has 0 unspecified atom stereocenters. The van der Waals surface area contributed by atoms with Crippen LogP contribution in [-0.4, -0.2) is 46.2 Å². The van der Waals surface area contributed by atoms with E-state index in [0.29, 0.717) is 4.47 Å². The monoisotopic (exact) mass is 477 g/mol. The number of nitrogens with one attached hydrogen (secondary N) is 1. The maximum atomic E-state index is 13.2. The highest BCUT2D eigenvalue weighted by Gasteiger charge is 2.43. The molecule has 0 aromatic heterocycles. The van der Waals surface area contributed by atoms with Gasteiger partial charge in [-0.2, -0.15) is 5.10 Å². The smallest absolute Gasteiger partial charge is 0.369 e. The van der Waals surface area contributed by atoms with Crippen LogP contribution in [-0.2, 0) is 19.1 Å². The zero-order valence-electron chi connectivity index (χ0n) is 16.5. The molecule has 1 aliphatic carbocycles. The van der Waals surface area contributed by atoms with E-state index in [1.54, 1.807) is 12.1 Å². The molecular weight excluding hydrogens is 458 g/mol. The fourth-order valence-corrected chi connectivity index (χ4v) is 4.37. The number of fused-ring (bicyclic) bond motifs is 1. The highest BCUT2D eigenvalue weighted by Crippen LogP contribution is 2.38. The van der Waals surface area contributed by atoms with E-state index < -0.39 is 29.3 Å². The summed E-state index contributed by atoms with van der Waals surface area (Å²) < 4.78 is 10.5. The van der Waals surface area contributed by atoms with E-state index in [2.05, 4.69) is 26.5 Å². The van der Waals surface area contributed by atoms with Crippen LogP contribution < -0.4 is 5.43 Å². The number of amides is 2. The van der Waals surface area contributed by atoms with Gasteiger partial charge in [-0.1, -0.05) is 19.3 Å². The number of hydrogen-bond donors (Lipinski definition) is 1. The van der Waals surface area contributed by atoms with Crippen molar-refractivity contribution in [3.63, 3.8) is 0 Å². The molecule has 9 nitrogen and oxygen atoms in total. The molecule has 0 atom stereocenters. The Morgan fingerprint density at radius 3 is 2.30 bits per heavy atom. The Bertz CT molecular complexity index is 975. The number of hydrogen-bond acceptors (Lipinski definition) is 8. The lowest BCUT2D eigenvalue weighted by molar-refractivity contribution is -0.214. The molecule has 1 saturated carbocycles. The van der Waals surface area contributed by atoms with E-state index in [0.717, 1.165) is 32.1 Å². The molecule has 1 aromatic rings. The highest BCUT2D eigenvalue weighted by atomic mass is 79.9. The van der Waals surface area contributed by atoms with E-state index in [1.807, 2.05) is 0 Å². The van der Waals surface area contributed by atoms with Crippen LogP contribution in [0, 0.1) is 0 Å². The van der Waals surface area contributed by atoms with Crippen LogP contribution in [0.15, 0.2) is 21.7 Å². The molecule has 4 rings (SSSR count). The topological polar surface area (TPSA) is 114 Å². The molecule has 0 spiro atoms. The third-order valence-corrected chi connectivity index (χ3v) is 5.98. The van der Waals surface area contributed by atoms with E-state index in [1.165, 1.54) is 18.7 Å². The minimum Gasteiger partial charge on any atom is -0.418 e. The molecule has 2 fully saturated rings. The molecule has 1 N–H and O–H groups in total. The number of esters is 2. The van der Waals surface area contributed by atoms with E-state index in [9.17, 15) is 19.2 Å². The molecule has 2 aliphatic heterocycles. The van der Waals surface area contributed by atoms with Crippen LogP contribution >= 0.6 is 15.9 Å². The Balaban J connectivity index is 1.66. The van der Waals surface area contributed by atoms with Crippen molar-refractivity contribution in [2.75, 3.05) is 5.43 Å². The number of anilines is 1. The van der Waals surface area contributed by atoms with Crippen molar-refractivity contribution in [1.29, 1.82) is 0 Å². The predicted molar refractivity (Wildman–Crippen MR) is 109 cm³/mol. The van der Waals surface area contributed by atoms with Gasteiger partial charge in [0.25, 0.3) is 23.3 Å². The average Bonchev–Trinajstić information content (AvgIpc) is 2.92. The number of benzene rings is 1. The fourth-order valence-electron chi connectivity index (χ4n) is 3.95. The summed E-state index contributed by atoms with van der Waals surface area (Å²) in [6.45, 7) is 2.86. The van der Waals surface area contributed by atoms with Gasteiger partial charge in [0.15, 0.2) is 0 Å². The zero-order valence-corrected chi connectivity index (χ0v) is 18.1. The van der Waals surface area contributed by atoms with Crippen LogP contribution in [0.1, 0.15) is 66.7 Å². The maximum Gasteiger partial charge on any atom is 0.369 e. The first-order valence-electron chi connectivity index (χ1n) is 9.70. The zero-order chi connectivity index (χ0) is 21.6. The van der Waals surface area contributed by atoms with Gasteiger partial charge in [0.05, 0.1) is 16.8 Å². The first kappa shape index (κ1) is 20.5. The second kappa shape index (κ2) is 7.50. The van der Waals surface area contributed by atoms with Crippen LogP contribution in [0.25, 0.3) is 0 Å². The van der Waals surface area contributed by atoms with Crippen molar-refractivity contribution < 1.29 is 28.7 Å². The van der Waals surface area contributed by atoms with Gasteiger partial charge < -0.3 is 9.47 Å². The lowest BCUT2D eigenvalue weighted by Gasteiger charge is -2.29. The summed E-state index contributed by atoms with van der Waals surface area (Å²) in [5.74, 6) is -4.04. The number of halogens is 1. The Labute approximate surface area is 180 Å². The molecular formula is C20H20BrN3O6. The largest absolute Gasteiger partial charge is 0.418 e. The second-order valence-electron chi connectivity index (χ2n) is 7.87. The third-order valence-electron chi connectivity index (χ3n) is 5.32. The van der Waals surface area contributed by atoms with Crippen LogP contribution in [0.3, 0.4) is 0 Å². The van der Waals surface area contributed by atoms with Crippen molar-refractivity contribution in [1.82, 2.24) is 4.90 Å². The summed E-state index contributed by atoms with van der Waals surface area (Å²) in [4.78, 5) is 51.6. The summed E-state index contributed by atoms with van der Waals surface area (Å²) in [5.41, 5.74) is 2.61. The van der Waals surface area contributed by atoms with Gasteiger partial charge >= 0.3 is 11.9 Å². The number of imide groups is 1. The number of rotatable bonds is 3. The minimum atomic E-state index is -1.38. The Kier molecular flexibility index (Phi) is 5.13. The summed E-state index contributed by atoms with van der Waals surface area (Å²) >= 11 is 3.34. The van der Waals surface area contributed by atoms with Crippen molar-refractivity contribution in [3.8, 4) is 0 Å². The number of hydrazone groups is 1. The van der Waals surface area contributed by atoms with Crippen molar-refractivity contribution in [2.45, 2.75) is 57.8 Å². The minimum absolute atomic E-state index is 0.130. The summed E-state index contributed by atoms with van der Waals surface area (Å²) in [6, 6.07) is 3.05. The summed E-state index contributed by atoms with van der Waals surface area (Å²) in [7, 11) is 0. The van der Waals surface area contributed by atoms with E-state index >= 15 is 0 Å². The van der Waals surface area contributed by atoms with Crippen LogP contribution in [0.5, 0.6) is 0 Å². The van der Waals surface area contributed by atoms with Crippen LogP contribution in [0.2, 0.25) is 0 Å². The van der Waals surface area contributed by atoms with Gasteiger partial charge in [0.1, 0.15) is 0 Å². The molecule has 2 amide bonds. The molecule has 10 heteroatoms. The lowest BCUT2D eigenvalue weighted by Crippen LogP contribution is -2.47. The predicted octanol–water partition coefficient (Wildman–Crippen LogP) is 2.98. The van der Waals surface area contributed by atoms with Gasteiger partial charge in [-0.05, 0) is 40.9 Å². The normalized spacial score (nSPS) is 21.3. The molecule has 1 saturated heterocycles. The quantitative estimate of drug-likeness (QED) is 0.404. The van der Waals surface area contributed by atoms with Gasteiger partial charge in [-0.3, -0.25) is 19.9 Å². The van der Waals surface area contributed by atoms with Gasteiger partial charge in [-0.15, -0.1) is 0 Å². The third kappa shape index (κ3) is 3.49. The molecule has 2 heterocycles. The summed E-state index contributed by atoms with van der Waals surface area (Å²) in [5, 5.41) is 3.82. The SMILES string of the molecule is CC1(C)OC(=O)C(=NNc2c(Br)ccc3c2C(=O)N(C2CCCCC2)C3=O)C(=O)O1. The van der Waals surface area contributed by atoms with Crippen molar-refractivity contribution in [2.24, 2.45) is 5.10 Å². The Morgan fingerprint density at radius 2 is 1.67 bits per heavy atom. The molecule has 0 radical (unpaired) electrons. The Hall–Kier alpha value is -2.75. The van der Waals surface area contributed by atoms with Gasteiger partial charge in [0.2, 0.25) is 0 Å². The second-order valence-corrected chi connectivity index (χ2v) is 8.72. The van der Waals surface area contributed by atoms with Crippen LogP contribution in [0.4, 0.5) is 5.69 Å². The van der Waals surface area contributed by atoms with E-state index in [4.69, 9.17) is 9.47 Å². The fraction of sp³-hybridized carbons (Fsp3) is 0.450. The number of nitrogens with zero attached hydrogens (tertiary/aromatic N) is 2. The highest BCUT2D eigenvalue weighted by molar-refractivity contribution is 9.10. The lowest BCUT2D eigenvalue weighted by atomic mass is 9.94. The van der Waals surface area contributed by atoms with Crippen molar-refractivity contribution in [3.05, 3.63) is 27.7 Å².